The number of benzene rings is 1. The topological polar surface area (TPSA) is 38.7 Å². The average molecular weight is 304 g/mol. The Labute approximate surface area is 134 Å². The van der Waals surface area contributed by atoms with Crippen molar-refractivity contribution in [3.05, 3.63) is 42.5 Å². The molecule has 0 spiro atoms. The van der Waals surface area contributed by atoms with E-state index in [1.54, 1.807) is 14.2 Å². The Kier molecular flexibility index (Phi) is 6.18. The van der Waals surface area contributed by atoms with Crippen LogP contribution in [0.15, 0.2) is 36.9 Å². The van der Waals surface area contributed by atoms with E-state index in [4.69, 9.17) is 9.47 Å². The van der Waals surface area contributed by atoms with E-state index in [1.165, 1.54) is 6.42 Å². The van der Waals surface area contributed by atoms with Gasteiger partial charge in [0.25, 0.3) is 0 Å². The lowest BCUT2D eigenvalue weighted by atomic mass is 9.68. The lowest BCUT2D eigenvalue weighted by Crippen LogP contribution is -2.42. The van der Waals surface area contributed by atoms with Crippen molar-refractivity contribution >= 4 is 5.57 Å². The van der Waals surface area contributed by atoms with Crippen LogP contribution in [0.25, 0.3) is 5.57 Å². The summed E-state index contributed by atoms with van der Waals surface area (Å²) in [6.07, 6.45) is 5.52. The first-order valence-electron chi connectivity index (χ1n) is 8.14. The zero-order valence-corrected chi connectivity index (χ0v) is 13.8. The van der Waals surface area contributed by atoms with Crippen molar-refractivity contribution in [1.29, 1.82) is 0 Å². The van der Waals surface area contributed by atoms with Gasteiger partial charge in [-0.25, -0.2) is 0 Å². The Hall–Kier alpha value is -1.16. The van der Waals surface area contributed by atoms with Crippen LogP contribution in [0.5, 0.6) is 0 Å². The van der Waals surface area contributed by atoms with Crippen LogP contribution in [0, 0.1) is 5.92 Å². The van der Waals surface area contributed by atoms with Gasteiger partial charge in [-0.1, -0.05) is 49.8 Å². The Morgan fingerprint density at radius 3 is 2.59 bits per heavy atom. The quantitative estimate of drug-likeness (QED) is 0.773. The van der Waals surface area contributed by atoms with Crippen LogP contribution >= 0.6 is 0 Å². The molecule has 122 valence electrons. The molecule has 0 bridgehead atoms. The molecule has 0 saturated heterocycles. The van der Waals surface area contributed by atoms with E-state index in [1.807, 2.05) is 30.3 Å². The Bertz CT molecular complexity index is 467. The van der Waals surface area contributed by atoms with Gasteiger partial charge in [-0.05, 0) is 42.7 Å². The van der Waals surface area contributed by atoms with Crippen molar-refractivity contribution < 1.29 is 14.6 Å². The summed E-state index contributed by atoms with van der Waals surface area (Å²) in [6, 6.07) is 10.0. The lowest BCUT2D eigenvalue weighted by Gasteiger charge is -2.42. The maximum atomic E-state index is 11.3. The van der Waals surface area contributed by atoms with Crippen LogP contribution in [0.2, 0.25) is 0 Å². The Balaban J connectivity index is 2.12. The molecule has 1 aromatic rings. The maximum absolute atomic E-state index is 11.3. The minimum Gasteiger partial charge on any atom is -0.385 e. The highest BCUT2D eigenvalue weighted by Crippen LogP contribution is 2.44. The third-order valence-corrected chi connectivity index (χ3v) is 4.96. The minimum absolute atomic E-state index is 0.198. The van der Waals surface area contributed by atoms with Gasteiger partial charge in [0.15, 0.2) is 6.29 Å². The van der Waals surface area contributed by atoms with Crippen molar-refractivity contribution in [3.8, 4) is 0 Å². The van der Waals surface area contributed by atoms with Gasteiger partial charge in [-0.2, -0.15) is 0 Å². The number of ether oxygens (including phenoxy) is 2. The summed E-state index contributed by atoms with van der Waals surface area (Å²) in [4.78, 5) is 0. The molecule has 0 aliphatic heterocycles. The van der Waals surface area contributed by atoms with Gasteiger partial charge in [-0.15, -0.1) is 0 Å². The van der Waals surface area contributed by atoms with Gasteiger partial charge in [0.1, 0.15) is 0 Å². The van der Waals surface area contributed by atoms with E-state index in [0.29, 0.717) is 0 Å². The number of rotatable bonds is 7. The minimum atomic E-state index is -0.814. The molecule has 22 heavy (non-hydrogen) atoms. The van der Waals surface area contributed by atoms with E-state index < -0.39 is 5.60 Å². The van der Waals surface area contributed by atoms with E-state index in [9.17, 15) is 5.11 Å². The molecule has 1 aromatic carbocycles. The van der Waals surface area contributed by atoms with Crippen molar-refractivity contribution in [2.75, 3.05) is 14.2 Å². The first-order valence-corrected chi connectivity index (χ1v) is 8.14. The molecule has 1 fully saturated rings. The normalized spacial score (nSPS) is 25.4. The smallest absolute Gasteiger partial charge is 0.156 e. The fourth-order valence-corrected chi connectivity index (χ4v) is 3.57. The summed E-state index contributed by atoms with van der Waals surface area (Å²) in [7, 11) is 3.31. The molecule has 2 rings (SSSR count). The lowest BCUT2D eigenvalue weighted by molar-refractivity contribution is -0.113. The fourth-order valence-electron chi connectivity index (χ4n) is 3.57. The predicted octanol–water partition coefficient (Wildman–Crippen LogP) is 4.02. The van der Waals surface area contributed by atoms with Gasteiger partial charge in [0.05, 0.1) is 5.60 Å². The fraction of sp³-hybridized carbons (Fsp3) is 0.579. The zero-order chi connectivity index (χ0) is 16.0. The molecule has 0 heterocycles. The van der Waals surface area contributed by atoms with Crippen LogP contribution in [0.4, 0.5) is 0 Å². The molecule has 0 amide bonds. The molecule has 3 nitrogen and oxygen atoms in total. The van der Waals surface area contributed by atoms with E-state index in [2.05, 4.69) is 6.58 Å². The summed E-state index contributed by atoms with van der Waals surface area (Å²) in [6.45, 7) is 4.23. The highest BCUT2D eigenvalue weighted by Gasteiger charge is 2.41. The van der Waals surface area contributed by atoms with Gasteiger partial charge in [0.2, 0.25) is 0 Å². The summed E-state index contributed by atoms with van der Waals surface area (Å²) in [5.74, 6) is 0.210. The largest absolute Gasteiger partial charge is 0.385 e. The van der Waals surface area contributed by atoms with Gasteiger partial charge in [0, 0.05) is 14.2 Å². The number of hydrogen-bond acceptors (Lipinski definition) is 3. The zero-order valence-electron chi connectivity index (χ0n) is 13.8. The molecular weight excluding hydrogens is 276 g/mol. The van der Waals surface area contributed by atoms with Crippen LogP contribution in [-0.4, -0.2) is 31.2 Å². The summed E-state index contributed by atoms with van der Waals surface area (Å²) >= 11 is 0. The molecule has 2 atom stereocenters. The van der Waals surface area contributed by atoms with Crippen molar-refractivity contribution in [3.63, 3.8) is 0 Å². The third kappa shape index (κ3) is 3.78. The second-order valence-corrected chi connectivity index (χ2v) is 6.19. The number of methoxy groups -OCH3 is 2. The van der Waals surface area contributed by atoms with Crippen molar-refractivity contribution in [2.24, 2.45) is 5.92 Å². The third-order valence-electron chi connectivity index (χ3n) is 4.96. The van der Waals surface area contributed by atoms with E-state index in [-0.39, 0.29) is 12.2 Å². The van der Waals surface area contributed by atoms with Crippen LogP contribution in [0.1, 0.15) is 44.1 Å². The molecule has 1 aliphatic carbocycles. The summed E-state index contributed by atoms with van der Waals surface area (Å²) in [5.41, 5.74) is 1.07. The second kappa shape index (κ2) is 7.91. The summed E-state index contributed by atoms with van der Waals surface area (Å²) in [5, 5.41) is 11.3. The van der Waals surface area contributed by atoms with Gasteiger partial charge >= 0.3 is 0 Å². The molecule has 1 saturated carbocycles. The molecule has 3 heteroatoms. The molecule has 1 N–H and O–H groups in total. The summed E-state index contributed by atoms with van der Waals surface area (Å²) < 4.78 is 10.6. The van der Waals surface area contributed by atoms with Gasteiger partial charge < -0.3 is 14.6 Å². The van der Waals surface area contributed by atoms with Crippen LogP contribution in [-0.2, 0) is 9.47 Å². The van der Waals surface area contributed by atoms with E-state index >= 15 is 0 Å². The monoisotopic (exact) mass is 304 g/mol. The Morgan fingerprint density at radius 2 is 1.95 bits per heavy atom. The highest BCUT2D eigenvalue weighted by atomic mass is 16.7. The number of aliphatic hydroxyl groups is 1. The molecule has 0 unspecified atom stereocenters. The predicted molar refractivity (Wildman–Crippen MR) is 89.4 cm³/mol. The Morgan fingerprint density at radius 1 is 1.27 bits per heavy atom. The van der Waals surface area contributed by atoms with Crippen LogP contribution < -0.4 is 0 Å². The standard InChI is InChI=1S/C19H28O3/c1-15(16-9-5-4-6-10-16)19(20)14-8-7-11-17(19)12-13-18(21-2)22-3/h4-6,9-10,17-18,20H,1,7-8,11-14H2,2-3H3/t17-,19+/m0/s1. The SMILES string of the molecule is C=C(c1ccccc1)[C@]1(O)CCCC[C@H]1CCC(OC)OC. The van der Waals surface area contributed by atoms with E-state index in [0.717, 1.165) is 43.2 Å². The molecule has 1 aliphatic rings. The van der Waals surface area contributed by atoms with Gasteiger partial charge in [-0.3, -0.25) is 0 Å². The van der Waals surface area contributed by atoms with Crippen molar-refractivity contribution in [2.45, 2.75) is 50.4 Å². The highest BCUT2D eigenvalue weighted by molar-refractivity contribution is 5.70. The molecule has 0 aromatic heterocycles. The van der Waals surface area contributed by atoms with Crippen molar-refractivity contribution in [1.82, 2.24) is 0 Å². The number of hydrogen-bond donors (Lipinski definition) is 1. The first-order chi connectivity index (χ1) is 10.6. The molecule has 0 radical (unpaired) electrons. The molecular formula is C19H28O3. The maximum Gasteiger partial charge on any atom is 0.156 e. The second-order valence-electron chi connectivity index (χ2n) is 6.19. The average Bonchev–Trinajstić information content (AvgIpc) is 2.57. The first kappa shape index (κ1) is 17.2. The van der Waals surface area contributed by atoms with Crippen LogP contribution in [0.3, 0.4) is 0 Å².